The number of hydrogen-bond donors (Lipinski definition) is 2. The number of hydrogen-bond acceptors (Lipinski definition) is 6. The van der Waals surface area contributed by atoms with Gasteiger partial charge < -0.3 is 20.1 Å². The summed E-state index contributed by atoms with van der Waals surface area (Å²) in [6, 6.07) is 14.2. The van der Waals surface area contributed by atoms with Gasteiger partial charge in [-0.1, -0.05) is 19.1 Å². The maximum absolute atomic E-state index is 12.9. The molecule has 6 nitrogen and oxygen atoms in total. The fourth-order valence-corrected chi connectivity index (χ4v) is 3.88. The molecule has 0 amide bonds. The largest absolute Gasteiger partial charge is 0.496 e. The molecule has 1 aromatic heterocycles. The summed E-state index contributed by atoms with van der Waals surface area (Å²) in [5, 5.41) is 6.67. The van der Waals surface area contributed by atoms with Crippen LogP contribution in [-0.4, -0.2) is 37.8 Å². The van der Waals surface area contributed by atoms with E-state index in [9.17, 15) is 4.79 Å². The van der Waals surface area contributed by atoms with E-state index in [2.05, 4.69) is 36.4 Å². The van der Waals surface area contributed by atoms with Gasteiger partial charge in [0, 0.05) is 41.2 Å². The third-order valence-corrected chi connectivity index (χ3v) is 5.41. The summed E-state index contributed by atoms with van der Waals surface area (Å²) in [7, 11) is 3.04. The van der Waals surface area contributed by atoms with Crippen molar-refractivity contribution in [2.75, 3.05) is 31.4 Å². The van der Waals surface area contributed by atoms with Crippen LogP contribution in [0, 0.1) is 6.92 Å². The molecule has 2 N–H and O–H groups in total. The molecule has 0 fully saturated rings. The lowest BCUT2D eigenvalue weighted by Gasteiger charge is -2.19. The van der Waals surface area contributed by atoms with Gasteiger partial charge in [0.25, 0.3) is 0 Å². The van der Waals surface area contributed by atoms with E-state index in [0.717, 1.165) is 52.3 Å². The standard InChI is InChI=1S/C27H33N3O3/c1-7-14-28-24-13-10-20(16-29-24)22-15-23(32-5)25(18(4)26(22)27(31)33-6)19-8-11-21(12-9-19)30-17(2)3/h8-13,15-17,30H,7,14H2,1-6H3,(H,28,29). The van der Waals surface area contributed by atoms with Gasteiger partial charge in [0.15, 0.2) is 0 Å². The second-order valence-electron chi connectivity index (χ2n) is 8.23. The summed E-state index contributed by atoms with van der Waals surface area (Å²) in [5.74, 6) is 1.10. The van der Waals surface area contributed by atoms with Crippen molar-refractivity contribution in [2.24, 2.45) is 0 Å². The van der Waals surface area contributed by atoms with Crippen molar-refractivity contribution < 1.29 is 14.3 Å². The quantitative estimate of drug-likeness (QED) is 0.383. The Bertz CT molecular complexity index is 1090. The average Bonchev–Trinajstić information content (AvgIpc) is 2.82. The minimum atomic E-state index is -0.391. The van der Waals surface area contributed by atoms with E-state index >= 15 is 0 Å². The van der Waals surface area contributed by atoms with E-state index in [0.29, 0.717) is 17.4 Å². The zero-order valence-corrected chi connectivity index (χ0v) is 20.3. The highest BCUT2D eigenvalue weighted by molar-refractivity contribution is 6.02. The topological polar surface area (TPSA) is 72.5 Å². The molecule has 6 heteroatoms. The van der Waals surface area contributed by atoms with Crippen LogP contribution in [0.5, 0.6) is 5.75 Å². The van der Waals surface area contributed by atoms with E-state index in [1.807, 2.05) is 49.4 Å². The van der Waals surface area contributed by atoms with Crippen LogP contribution in [0.25, 0.3) is 22.3 Å². The summed E-state index contributed by atoms with van der Waals surface area (Å²) in [6.45, 7) is 9.09. The van der Waals surface area contributed by atoms with Gasteiger partial charge in [-0.3, -0.25) is 0 Å². The zero-order valence-electron chi connectivity index (χ0n) is 20.3. The number of ether oxygens (including phenoxy) is 2. The number of aromatic nitrogens is 1. The average molecular weight is 448 g/mol. The Morgan fingerprint density at radius 1 is 1.06 bits per heavy atom. The molecule has 3 aromatic rings. The minimum absolute atomic E-state index is 0.342. The molecule has 0 saturated carbocycles. The number of carbonyl (C=O) groups excluding carboxylic acids is 1. The molecule has 0 aliphatic heterocycles. The highest BCUT2D eigenvalue weighted by Crippen LogP contribution is 2.41. The zero-order chi connectivity index (χ0) is 24.0. The highest BCUT2D eigenvalue weighted by Gasteiger charge is 2.23. The molecule has 33 heavy (non-hydrogen) atoms. The molecule has 0 atom stereocenters. The molecular formula is C27H33N3O3. The summed E-state index contributed by atoms with van der Waals surface area (Å²) in [4.78, 5) is 17.4. The number of carbonyl (C=O) groups is 1. The van der Waals surface area contributed by atoms with E-state index in [4.69, 9.17) is 9.47 Å². The van der Waals surface area contributed by atoms with Gasteiger partial charge in [0.2, 0.25) is 0 Å². The van der Waals surface area contributed by atoms with Gasteiger partial charge in [0.1, 0.15) is 11.6 Å². The van der Waals surface area contributed by atoms with Gasteiger partial charge in [-0.05, 0) is 68.7 Å². The SMILES string of the molecule is CCCNc1ccc(-c2cc(OC)c(-c3ccc(NC(C)C)cc3)c(C)c2C(=O)OC)cn1. The highest BCUT2D eigenvalue weighted by atomic mass is 16.5. The number of anilines is 2. The number of esters is 1. The molecule has 0 aliphatic carbocycles. The maximum Gasteiger partial charge on any atom is 0.338 e. The summed E-state index contributed by atoms with van der Waals surface area (Å²) >= 11 is 0. The van der Waals surface area contributed by atoms with Crippen LogP contribution in [-0.2, 0) is 4.74 Å². The molecule has 0 radical (unpaired) electrons. The molecule has 0 bridgehead atoms. The number of benzene rings is 2. The van der Waals surface area contributed by atoms with Gasteiger partial charge in [-0.25, -0.2) is 9.78 Å². The van der Waals surface area contributed by atoms with Crippen LogP contribution in [0.15, 0.2) is 48.7 Å². The van der Waals surface area contributed by atoms with Gasteiger partial charge in [0.05, 0.1) is 19.8 Å². The fourth-order valence-electron chi connectivity index (χ4n) is 3.88. The Hall–Kier alpha value is -3.54. The third-order valence-electron chi connectivity index (χ3n) is 5.41. The van der Waals surface area contributed by atoms with E-state index in [-0.39, 0.29) is 0 Å². The predicted molar refractivity (Wildman–Crippen MR) is 135 cm³/mol. The lowest BCUT2D eigenvalue weighted by Crippen LogP contribution is -2.10. The second-order valence-corrected chi connectivity index (χ2v) is 8.23. The Morgan fingerprint density at radius 2 is 1.76 bits per heavy atom. The van der Waals surface area contributed by atoms with Gasteiger partial charge in [-0.15, -0.1) is 0 Å². The van der Waals surface area contributed by atoms with Crippen LogP contribution in [0.3, 0.4) is 0 Å². The lowest BCUT2D eigenvalue weighted by molar-refractivity contribution is 0.0601. The first-order chi connectivity index (χ1) is 15.9. The fraction of sp³-hybridized carbons (Fsp3) is 0.333. The first-order valence-electron chi connectivity index (χ1n) is 11.3. The molecule has 0 spiro atoms. The first kappa shape index (κ1) is 24.1. The first-order valence-corrected chi connectivity index (χ1v) is 11.3. The van der Waals surface area contributed by atoms with Crippen molar-refractivity contribution in [1.29, 1.82) is 0 Å². The van der Waals surface area contributed by atoms with Crippen molar-refractivity contribution in [3.63, 3.8) is 0 Å². The maximum atomic E-state index is 12.9. The molecule has 1 heterocycles. The summed E-state index contributed by atoms with van der Waals surface area (Å²) in [5.41, 5.74) is 5.73. The van der Waals surface area contributed by atoms with Crippen LogP contribution >= 0.6 is 0 Å². The van der Waals surface area contributed by atoms with Crippen molar-refractivity contribution in [2.45, 2.75) is 40.2 Å². The minimum Gasteiger partial charge on any atom is -0.496 e. The smallest absolute Gasteiger partial charge is 0.338 e. The second kappa shape index (κ2) is 10.9. The normalized spacial score (nSPS) is 10.8. The van der Waals surface area contributed by atoms with Gasteiger partial charge >= 0.3 is 5.97 Å². The van der Waals surface area contributed by atoms with Gasteiger partial charge in [-0.2, -0.15) is 0 Å². The lowest BCUT2D eigenvalue weighted by atomic mass is 9.89. The van der Waals surface area contributed by atoms with E-state index < -0.39 is 5.97 Å². The molecule has 0 unspecified atom stereocenters. The van der Waals surface area contributed by atoms with Crippen molar-refractivity contribution >= 4 is 17.5 Å². The Balaban J connectivity index is 2.13. The third kappa shape index (κ3) is 5.45. The van der Waals surface area contributed by atoms with Crippen LogP contribution in [0.1, 0.15) is 43.1 Å². The van der Waals surface area contributed by atoms with Crippen molar-refractivity contribution in [3.8, 4) is 28.0 Å². The number of methoxy groups -OCH3 is 2. The monoisotopic (exact) mass is 447 g/mol. The molecule has 174 valence electrons. The molecule has 2 aromatic carbocycles. The Morgan fingerprint density at radius 3 is 2.30 bits per heavy atom. The van der Waals surface area contributed by atoms with Crippen LogP contribution in [0.2, 0.25) is 0 Å². The van der Waals surface area contributed by atoms with Crippen molar-refractivity contribution in [3.05, 3.63) is 59.8 Å². The summed E-state index contributed by atoms with van der Waals surface area (Å²) in [6.07, 6.45) is 2.78. The Kier molecular flexibility index (Phi) is 7.93. The van der Waals surface area contributed by atoms with E-state index in [1.165, 1.54) is 7.11 Å². The van der Waals surface area contributed by atoms with Crippen molar-refractivity contribution in [1.82, 2.24) is 4.98 Å². The number of nitrogens with one attached hydrogen (secondary N) is 2. The number of pyridine rings is 1. The van der Waals surface area contributed by atoms with Crippen LogP contribution < -0.4 is 15.4 Å². The molecule has 0 saturated heterocycles. The molecule has 3 rings (SSSR count). The molecular weight excluding hydrogens is 414 g/mol. The van der Waals surface area contributed by atoms with E-state index in [1.54, 1.807) is 13.3 Å². The summed E-state index contributed by atoms with van der Waals surface area (Å²) < 4.78 is 10.9. The molecule has 0 aliphatic rings. The number of nitrogens with zero attached hydrogens (tertiary/aromatic N) is 1. The number of rotatable bonds is 9. The predicted octanol–water partition coefficient (Wildman–Crippen LogP) is 6.16. The Labute approximate surface area is 196 Å². The van der Waals surface area contributed by atoms with Crippen LogP contribution in [0.4, 0.5) is 11.5 Å².